The van der Waals surface area contributed by atoms with Crippen molar-refractivity contribution in [3.8, 4) is 5.75 Å². The first-order chi connectivity index (χ1) is 7.18. The lowest BCUT2D eigenvalue weighted by Gasteiger charge is -2.35. The van der Waals surface area contributed by atoms with Gasteiger partial charge in [0.15, 0.2) is 0 Å². The topological polar surface area (TPSA) is 36.7 Å². The van der Waals surface area contributed by atoms with Crippen molar-refractivity contribution >= 4 is 0 Å². The minimum Gasteiger partial charge on any atom is -0.629 e. The lowest BCUT2D eigenvalue weighted by Crippen LogP contribution is -3.08. The molecular formula is C12H15NO2. The van der Waals surface area contributed by atoms with E-state index < -0.39 is 5.54 Å². The van der Waals surface area contributed by atoms with E-state index in [1.54, 1.807) is 13.3 Å². The van der Waals surface area contributed by atoms with Crippen molar-refractivity contribution in [3.63, 3.8) is 0 Å². The number of nitrogens with one attached hydrogen (secondary N) is 1. The Kier molecular flexibility index (Phi) is 2.50. The van der Waals surface area contributed by atoms with E-state index in [0.717, 1.165) is 17.7 Å². The van der Waals surface area contributed by atoms with Gasteiger partial charge in [-0.05, 0) is 25.1 Å². The molecule has 3 heteroatoms. The number of ether oxygens (including phenoxy) is 1. The largest absolute Gasteiger partial charge is 0.629 e. The van der Waals surface area contributed by atoms with Crippen molar-refractivity contribution < 1.29 is 9.80 Å². The molecule has 0 spiro atoms. The molecule has 0 amide bonds. The zero-order valence-electron chi connectivity index (χ0n) is 8.99. The maximum absolute atomic E-state index is 11.8. The van der Waals surface area contributed by atoms with Gasteiger partial charge in [-0.25, -0.2) is 0 Å². The fourth-order valence-corrected chi connectivity index (χ4v) is 2.03. The van der Waals surface area contributed by atoms with Crippen LogP contribution in [0.25, 0.3) is 0 Å². The van der Waals surface area contributed by atoms with Crippen LogP contribution in [-0.2, 0) is 5.54 Å². The van der Waals surface area contributed by atoms with Crippen molar-refractivity contribution in [1.29, 1.82) is 0 Å². The number of hydroxylamine groups is 2. The van der Waals surface area contributed by atoms with Crippen LogP contribution in [0.3, 0.4) is 0 Å². The van der Waals surface area contributed by atoms with Crippen LogP contribution in [-0.4, -0.2) is 7.11 Å². The number of benzene rings is 1. The fourth-order valence-electron chi connectivity index (χ4n) is 2.03. The van der Waals surface area contributed by atoms with Gasteiger partial charge in [0, 0.05) is 6.42 Å². The number of hydrogen-bond acceptors (Lipinski definition) is 2. The average Bonchev–Trinajstić information content (AvgIpc) is 2.60. The van der Waals surface area contributed by atoms with Gasteiger partial charge in [0.2, 0.25) is 0 Å². The Morgan fingerprint density at radius 1 is 1.40 bits per heavy atom. The SMILES string of the molecule is COc1ccccc1C1(C)CC=C[NH+]1[O-]. The minimum atomic E-state index is -0.438. The number of rotatable bonds is 2. The Morgan fingerprint density at radius 2 is 2.13 bits per heavy atom. The van der Waals surface area contributed by atoms with E-state index in [2.05, 4.69) is 0 Å². The summed E-state index contributed by atoms with van der Waals surface area (Å²) in [5, 5.41) is 12.0. The van der Waals surface area contributed by atoms with E-state index >= 15 is 0 Å². The molecule has 2 rings (SSSR count). The second-order valence-corrected chi connectivity index (χ2v) is 4.00. The molecule has 1 heterocycles. The number of hydrogen-bond donors (Lipinski definition) is 1. The zero-order valence-corrected chi connectivity index (χ0v) is 8.99. The molecule has 3 nitrogen and oxygen atoms in total. The smallest absolute Gasteiger partial charge is 0.132 e. The van der Waals surface area contributed by atoms with Crippen LogP contribution in [0.15, 0.2) is 36.5 Å². The van der Waals surface area contributed by atoms with Crippen molar-refractivity contribution in [2.75, 3.05) is 7.11 Å². The lowest BCUT2D eigenvalue weighted by molar-refractivity contribution is -0.853. The monoisotopic (exact) mass is 205 g/mol. The van der Waals surface area contributed by atoms with E-state index in [1.807, 2.05) is 37.3 Å². The van der Waals surface area contributed by atoms with Crippen LogP contribution >= 0.6 is 0 Å². The van der Waals surface area contributed by atoms with E-state index in [9.17, 15) is 5.21 Å². The summed E-state index contributed by atoms with van der Waals surface area (Å²) in [6.07, 6.45) is 4.34. The van der Waals surface area contributed by atoms with Crippen molar-refractivity contribution in [1.82, 2.24) is 0 Å². The van der Waals surface area contributed by atoms with Crippen LogP contribution in [0.4, 0.5) is 0 Å². The van der Waals surface area contributed by atoms with Gasteiger partial charge < -0.3 is 15.0 Å². The van der Waals surface area contributed by atoms with Crippen LogP contribution in [0.5, 0.6) is 5.75 Å². The molecule has 1 aromatic carbocycles. The van der Waals surface area contributed by atoms with Crippen molar-refractivity contribution in [2.45, 2.75) is 18.9 Å². The van der Waals surface area contributed by atoms with Gasteiger partial charge in [-0.1, -0.05) is 12.1 Å². The van der Waals surface area contributed by atoms with Crippen LogP contribution in [0, 0.1) is 5.21 Å². The Balaban J connectivity index is 2.45. The molecule has 0 saturated carbocycles. The molecule has 0 fully saturated rings. The summed E-state index contributed by atoms with van der Waals surface area (Å²) in [7, 11) is 1.63. The highest BCUT2D eigenvalue weighted by Gasteiger charge is 2.37. The molecule has 15 heavy (non-hydrogen) atoms. The first kappa shape index (κ1) is 10.2. The molecular weight excluding hydrogens is 190 g/mol. The van der Waals surface area contributed by atoms with E-state index in [4.69, 9.17) is 4.74 Å². The van der Waals surface area contributed by atoms with Gasteiger partial charge in [0.25, 0.3) is 0 Å². The third kappa shape index (κ3) is 1.54. The van der Waals surface area contributed by atoms with E-state index in [1.165, 1.54) is 0 Å². The molecule has 1 aliphatic rings. The molecule has 80 valence electrons. The Labute approximate surface area is 89.5 Å². The Bertz CT molecular complexity index is 389. The first-order valence-electron chi connectivity index (χ1n) is 5.03. The summed E-state index contributed by atoms with van der Waals surface area (Å²) in [5.74, 6) is 0.789. The van der Waals surface area contributed by atoms with Gasteiger partial charge in [0.1, 0.15) is 11.3 Å². The first-order valence-corrected chi connectivity index (χ1v) is 5.03. The van der Waals surface area contributed by atoms with Crippen molar-refractivity contribution in [3.05, 3.63) is 47.3 Å². The quantitative estimate of drug-likeness (QED) is 0.737. The van der Waals surface area contributed by atoms with Crippen molar-refractivity contribution in [2.24, 2.45) is 0 Å². The fraction of sp³-hybridized carbons (Fsp3) is 0.333. The third-order valence-corrected chi connectivity index (χ3v) is 3.04. The Hall–Kier alpha value is -1.32. The van der Waals surface area contributed by atoms with Gasteiger partial charge in [-0.3, -0.25) is 0 Å². The highest BCUT2D eigenvalue weighted by Crippen LogP contribution is 2.31. The maximum atomic E-state index is 11.8. The lowest BCUT2D eigenvalue weighted by atomic mass is 9.89. The summed E-state index contributed by atoms with van der Waals surface area (Å²) in [4.78, 5) is 0. The molecule has 0 bridgehead atoms. The minimum absolute atomic E-state index is 0.159. The highest BCUT2D eigenvalue weighted by molar-refractivity contribution is 5.38. The average molecular weight is 205 g/mol. The third-order valence-electron chi connectivity index (χ3n) is 3.04. The van der Waals surface area contributed by atoms with Crippen LogP contribution in [0.2, 0.25) is 0 Å². The molecule has 1 aliphatic heterocycles. The standard InChI is InChI=1S/C12H15NO2/c1-12(8-5-9-13(12)14)10-6-3-4-7-11(10)15-2/h3-7,9,13H,8H2,1-2H3. The molecule has 0 radical (unpaired) electrons. The number of methoxy groups -OCH3 is 1. The van der Waals surface area contributed by atoms with Crippen LogP contribution < -0.4 is 9.80 Å². The molecule has 2 unspecified atom stereocenters. The second kappa shape index (κ2) is 3.68. The highest BCUT2D eigenvalue weighted by atomic mass is 16.5. The predicted molar refractivity (Wildman–Crippen MR) is 58.4 cm³/mol. The summed E-state index contributed by atoms with van der Waals surface area (Å²) >= 11 is 0. The van der Waals surface area contributed by atoms with Gasteiger partial charge in [0.05, 0.1) is 18.9 Å². The molecule has 0 aromatic heterocycles. The van der Waals surface area contributed by atoms with E-state index in [0.29, 0.717) is 0 Å². The van der Waals surface area contributed by atoms with Gasteiger partial charge in [-0.2, -0.15) is 0 Å². The predicted octanol–water partition coefficient (Wildman–Crippen LogP) is 1.21. The maximum Gasteiger partial charge on any atom is 0.132 e. The summed E-state index contributed by atoms with van der Waals surface area (Å²) in [5.41, 5.74) is 0.537. The van der Waals surface area contributed by atoms with Gasteiger partial charge in [-0.15, -0.1) is 0 Å². The number of quaternary nitrogens is 1. The summed E-state index contributed by atoms with van der Waals surface area (Å²) in [6.45, 7) is 1.97. The van der Waals surface area contributed by atoms with Crippen LogP contribution in [0.1, 0.15) is 18.9 Å². The second-order valence-electron chi connectivity index (χ2n) is 4.00. The summed E-state index contributed by atoms with van der Waals surface area (Å²) in [6, 6.07) is 7.71. The zero-order chi connectivity index (χ0) is 10.9. The molecule has 1 aromatic rings. The molecule has 0 saturated heterocycles. The normalized spacial score (nSPS) is 29.4. The summed E-state index contributed by atoms with van der Waals surface area (Å²) < 4.78 is 5.29. The number of para-hydroxylation sites is 1. The molecule has 1 N–H and O–H groups in total. The Morgan fingerprint density at radius 3 is 2.73 bits per heavy atom. The van der Waals surface area contributed by atoms with Gasteiger partial charge >= 0.3 is 0 Å². The van der Waals surface area contributed by atoms with E-state index in [-0.39, 0.29) is 5.06 Å². The molecule has 2 atom stereocenters. The molecule has 0 aliphatic carbocycles.